The molecule has 3 rings (SSSR count). The average Bonchev–Trinajstić information content (AvgIpc) is 2.83. The Bertz CT molecular complexity index is 474. The van der Waals surface area contributed by atoms with Crippen molar-refractivity contribution in [2.45, 2.75) is 6.23 Å². The number of hydrogen-bond acceptors (Lipinski definition) is 6. The van der Waals surface area contributed by atoms with Gasteiger partial charge >= 0.3 is 0 Å². The van der Waals surface area contributed by atoms with Gasteiger partial charge in [-0.15, -0.1) is 0 Å². The maximum Gasteiger partial charge on any atom is 0.184 e. The lowest BCUT2D eigenvalue weighted by Crippen LogP contribution is -2.44. The average molecular weight is 267 g/mol. The van der Waals surface area contributed by atoms with Crippen molar-refractivity contribution in [3.63, 3.8) is 0 Å². The number of nitrogens with zero attached hydrogens (tertiary/aromatic N) is 3. The molecule has 1 aromatic rings. The summed E-state index contributed by atoms with van der Waals surface area (Å²) in [6.07, 6.45) is 3.00. The summed E-state index contributed by atoms with van der Waals surface area (Å²) in [4.78, 5) is 10.5. The van der Waals surface area contributed by atoms with Crippen LogP contribution in [0.1, 0.15) is 5.82 Å². The lowest BCUT2D eigenvalue weighted by Gasteiger charge is -2.31. The van der Waals surface area contributed by atoms with Gasteiger partial charge in [0.15, 0.2) is 23.1 Å². The molecule has 3 heterocycles. The Morgan fingerprint density at radius 1 is 1.28 bits per heavy atom. The maximum absolute atomic E-state index is 11.6. The lowest BCUT2D eigenvalue weighted by atomic mass is 10.2. The fourth-order valence-electron chi connectivity index (χ4n) is 2.01. The van der Waals surface area contributed by atoms with E-state index in [1.807, 2.05) is 0 Å². The Morgan fingerprint density at radius 3 is 2.72 bits per heavy atom. The second kappa shape index (κ2) is 5.23. The van der Waals surface area contributed by atoms with Gasteiger partial charge in [-0.2, -0.15) is 0 Å². The van der Waals surface area contributed by atoms with Gasteiger partial charge < -0.3 is 4.74 Å². The van der Waals surface area contributed by atoms with Gasteiger partial charge in [0.2, 0.25) is 0 Å². The quantitative estimate of drug-likeness (QED) is 0.761. The fourth-order valence-corrected chi connectivity index (χ4v) is 2.90. The van der Waals surface area contributed by atoms with E-state index in [4.69, 9.17) is 8.92 Å². The van der Waals surface area contributed by atoms with Gasteiger partial charge in [0, 0.05) is 30.9 Å². The van der Waals surface area contributed by atoms with Crippen LogP contribution in [0.2, 0.25) is 0 Å². The van der Waals surface area contributed by atoms with Crippen LogP contribution in [0.3, 0.4) is 0 Å². The molecule has 0 aliphatic carbocycles. The van der Waals surface area contributed by atoms with E-state index < -0.39 is 11.1 Å². The summed E-state index contributed by atoms with van der Waals surface area (Å²) in [7, 11) is 0. The summed E-state index contributed by atoms with van der Waals surface area (Å²) < 4.78 is 22.3. The highest BCUT2D eigenvalue weighted by molar-refractivity contribution is 7.83. The SMILES string of the molecule is O=S1C=C(c2ncccn2)C(N2CCOCC2)O1. The molecule has 0 radical (unpaired) electrons. The van der Waals surface area contributed by atoms with E-state index in [9.17, 15) is 4.21 Å². The van der Waals surface area contributed by atoms with E-state index in [0.717, 1.165) is 18.7 Å². The van der Waals surface area contributed by atoms with E-state index in [0.29, 0.717) is 19.0 Å². The molecule has 2 aliphatic rings. The summed E-state index contributed by atoms with van der Waals surface area (Å²) in [5.41, 5.74) is 0.774. The Morgan fingerprint density at radius 2 is 2.00 bits per heavy atom. The number of morpholine rings is 1. The maximum atomic E-state index is 11.6. The van der Waals surface area contributed by atoms with E-state index in [1.165, 1.54) is 0 Å². The van der Waals surface area contributed by atoms with E-state index >= 15 is 0 Å². The molecular formula is C11H13N3O3S. The molecule has 6 nitrogen and oxygen atoms in total. The van der Waals surface area contributed by atoms with Crippen LogP contribution in [-0.4, -0.2) is 51.6 Å². The second-order valence-corrected chi connectivity index (χ2v) is 4.95. The van der Waals surface area contributed by atoms with Crippen molar-refractivity contribution < 1.29 is 13.1 Å². The van der Waals surface area contributed by atoms with Gasteiger partial charge in [-0.1, -0.05) is 0 Å². The summed E-state index contributed by atoms with van der Waals surface area (Å²) in [6, 6.07) is 1.75. The molecule has 1 saturated heterocycles. The molecule has 1 fully saturated rings. The molecule has 0 saturated carbocycles. The van der Waals surface area contributed by atoms with Gasteiger partial charge in [0.05, 0.1) is 18.8 Å². The smallest absolute Gasteiger partial charge is 0.184 e. The lowest BCUT2D eigenvalue weighted by molar-refractivity contribution is -0.0151. The Labute approximate surface area is 107 Å². The molecule has 0 spiro atoms. The van der Waals surface area contributed by atoms with Crippen LogP contribution in [0.5, 0.6) is 0 Å². The first-order valence-corrected chi connectivity index (χ1v) is 6.87. The van der Waals surface area contributed by atoms with Gasteiger partial charge in [-0.25, -0.2) is 14.2 Å². The van der Waals surface area contributed by atoms with Gasteiger partial charge in [-0.05, 0) is 6.07 Å². The minimum atomic E-state index is -1.41. The molecule has 96 valence electrons. The third kappa shape index (κ3) is 2.35. The van der Waals surface area contributed by atoms with Crippen molar-refractivity contribution in [1.29, 1.82) is 0 Å². The van der Waals surface area contributed by atoms with Crippen molar-refractivity contribution in [3.8, 4) is 0 Å². The molecule has 0 bridgehead atoms. The Balaban J connectivity index is 1.86. The van der Waals surface area contributed by atoms with Crippen LogP contribution < -0.4 is 0 Å². The highest BCUT2D eigenvalue weighted by Gasteiger charge is 2.34. The summed E-state index contributed by atoms with van der Waals surface area (Å²) >= 11 is -1.41. The highest BCUT2D eigenvalue weighted by Crippen LogP contribution is 2.28. The first-order chi connectivity index (χ1) is 8.84. The van der Waals surface area contributed by atoms with Crippen molar-refractivity contribution in [2.75, 3.05) is 26.3 Å². The summed E-state index contributed by atoms with van der Waals surface area (Å²) in [5.74, 6) is 0.569. The molecule has 0 amide bonds. The van der Waals surface area contributed by atoms with Crippen molar-refractivity contribution in [3.05, 3.63) is 29.7 Å². The van der Waals surface area contributed by atoms with Gasteiger partial charge in [-0.3, -0.25) is 9.08 Å². The van der Waals surface area contributed by atoms with Crippen LogP contribution >= 0.6 is 0 Å². The zero-order valence-electron chi connectivity index (χ0n) is 9.69. The monoisotopic (exact) mass is 267 g/mol. The van der Waals surface area contributed by atoms with Crippen LogP contribution in [0.25, 0.3) is 5.57 Å². The minimum Gasteiger partial charge on any atom is -0.379 e. The Kier molecular flexibility index (Phi) is 3.46. The molecule has 2 aliphatic heterocycles. The largest absolute Gasteiger partial charge is 0.379 e. The van der Waals surface area contributed by atoms with Gasteiger partial charge in [0.1, 0.15) is 0 Å². The van der Waals surface area contributed by atoms with Crippen molar-refractivity contribution >= 4 is 16.7 Å². The predicted molar refractivity (Wildman–Crippen MR) is 65.4 cm³/mol. The molecular weight excluding hydrogens is 254 g/mol. The highest BCUT2D eigenvalue weighted by atomic mass is 32.2. The number of ether oxygens (including phenoxy) is 1. The number of rotatable bonds is 2. The zero-order chi connectivity index (χ0) is 12.4. The third-order valence-corrected chi connectivity index (χ3v) is 3.69. The van der Waals surface area contributed by atoms with Crippen LogP contribution in [-0.2, 0) is 20.0 Å². The van der Waals surface area contributed by atoms with E-state index in [1.54, 1.807) is 23.9 Å². The molecule has 0 N–H and O–H groups in total. The topological polar surface area (TPSA) is 64.6 Å². The normalized spacial score (nSPS) is 29.2. The fraction of sp³-hybridized carbons (Fsp3) is 0.455. The third-order valence-electron chi connectivity index (χ3n) is 2.88. The summed E-state index contributed by atoms with van der Waals surface area (Å²) in [5, 5.41) is 1.58. The van der Waals surface area contributed by atoms with Crippen molar-refractivity contribution in [1.82, 2.24) is 14.9 Å². The van der Waals surface area contributed by atoms with E-state index in [-0.39, 0.29) is 6.23 Å². The molecule has 1 aromatic heterocycles. The zero-order valence-corrected chi connectivity index (χ0v) is 10.5. The molecule has 0 aromatic carbocycles. The standard InChI is InChI=1S/C11H13N3O3S/c15-18-8-9(10-12-2-1-3-13-10)11(17-18)14-4-6-16-7-5-14/h1-3,8,11H,4-7H2. The van der Waals surface area contributed by atoms with Gasteiger partial charge in [0.25, 0.3) is 0 Å². The minimum absolute atomic E-state index is 0.336. The number of hydrogen-bond donors (Lipinski definition) is 0. The van der Waals surface area contributed by atoms with Crippen LogP contribution in [0.4, 0.5) is 0 Å². The predicted octanol–water partition coefficient (Wildman–Crippen LogP) is 0.170. The summed E-state index contributed by atoms with van der Waals surface area (Å²) in [6.45, 7) is 2.84. The van der Waals surface area contributed by atoms with Crippen LogP contribution in [0.15, 0.2) is 23.9 Å². The molecule has 18 heavy (non-hydrogen) atoms. The first-order valence-electron chi connectivity index (χ1n) is 5.73. The molecule has 7 heteroatoms. The molecule has 2 unspecified atom stereocenters. The second-order valence-electron chi connectivity index (χ2n) is 4.00. The molecule has 2 atom stereocenters. The number of aromatic nitrogens is 2. The van der Waals surface area contributed by atoms with Crippen molar-refractivity contribution in [2.24, 2.45) is 0 Å². The first kappa shape index (κ1) is 11.9. The van der Waals surface area contributed by atoms with Crippen LogP contribution in [0, 0.1) is 0 Å². The van der Waals surface area contributed by atoms with E-state index in [2.05, 4.69) is 14.9 Å². The Hall–Kier alpha value is -1.15.